The zero-order valence-corrected chi connectivity index (χ0v) is 12.2. The third-order valence-corrected chi connectivity index (χ3v) is 3.78. The number of phosphoric acid groups is 1. The van der Waals surface area contributed by atoms with Crippen LogP contribution in [0, 0.1) is 17.8 Å². The number of carboxylic acid groups (broad SMARTS) is 1. The summed E-state index contributed by atoms with van der Waals surface area (Å²) in [6, 6.07) is 0. The SMILES string of the molecule is CCC(COP(=O)(O)OCC(C)C(=O)O)C(C)C. The van der Waals surface area contributed by atoms with Gasteiger partial charge in [0, 0.05) is 0 Å². The van der Waals surface area contributed by atoms with E-state index in [4.69, 9.17) is 9.63 Å². The minimum atomic E-state index is -4.16. The van der Waals surface area contributed by atoms with E-state index >= 15 is 0 Å². The topological polar surface area (TPSA) is 93.1 Å². The first-order valence-electron chi connectivity index (χ1n) is 6.04. The smallest absolute Gasteiger partial charge is 0.472 e. The lowest BCUT2D eigenvalue weighted by atomic mass is 9.94. The molecule has 0 aliphatic carbocycles. The van der Waals surface area contributed by atoms with Gasteiger partial charge in [-0.1, -0.05) is 27.2 Å². The van der Waals surface area contributed by atoms with E-state index in [0.29, 0.717) is 5.92 Å². The van der Waals surface area contributed by atoms with E-state index in [1.54, 1.807) is 0 Å². The van der Waals surface area contributed by atoms with Crippen LogP contribution in [-0.2, 0) is 18.4 Å². The zero-order chi connectivity index (χ0) is 14.3. The van der Waals surface area contributed by atoms with Gasteiger partial charge in [-0.2, -0.15) is 0 Å². The number of aliphatic carboxylic acids is 1. The fourth-order valence-electron chi connectivity index (χ4n) is 1.29. The van der Waals surface area contributed by atoms with Crippen LogP contribution in [0.4, 0.5) is 0 Å². The zero-order valence-electron chi connectivity index (χ0n) is 11.3. The van der Waals surface area contributed by atoms with E-state index in [2.05, 4.69) is 4.52 Å². The average molecular weight is 282 g/mol. The maximum absolute atomic E-state index is 11.5. The molecule has 0 aliphatic rings. The first kappa shape index (κ1) is 17.6. The lowest BCUT2D eigenvalue weighted by Crippen LogP contribution is -2.17. The molecule has 0 fully saturated rings. The van der Waals surface area contributed by atoms with Crippen molar-refractivity contribution in [1.82, 2.24) is 0 Å². The highest BCUT2D eigenvalue weighted by Crippen LogP contribution is 2.44. The van der Waals surface area contributed by atoms with Crippen molar-refractivity contribution in [1.29, 1.82) is 0 Å². The van der Waals surface area contributed by atoms with Crippen LogP contribution in [0.25, 0.3) is 0 Å². The normalized spacial score (nSPS) is 18.3. The molecule has 0 spiro atoms. The second-order valence-electron chi connectivity index (χ2n) is 4.71. The predicted octanol–water partition coefficient (Wildman–Crippen LogP) is 2.52. The molecule has 0 aromatic carbocycles. The Labute approximate surface area is 108 Å². The Kier molecular flexibility index (Phi) is 7.71. The van der Waals surface area contributed by atoms with Crippen molar-refractivity contribution in [2.45, 2.75) is 34.1 Å². The fourth-order valence-corrected chi connectivity index (χ4v) is 2.15. The van der Waals surface area contributed by atoms with E-state index in [9.17, 15) is 14.3 Å². The molecule has 0 aliphatic heterocycles. The van der Waals surface area contributed by atoms with Gasteiger partial charge in [-0.05, 0) is 18.8 Å². The lowest BCUT2D eigenvalue weighted by molar-refractivity contribution is -0.142. The second-order valence-corrected chi connectivity index (χ2v) is 6.17. The van der Waals surface area contributed by atoms with Gasteiger partial charge in [0.1, 0.15) is 0 Å². The Bertz CT molecular complexity index is 304. The predicted molar refractivity (Wildman–Crippen MR) is 67.1 cm³/mol. The van der Waals surface area contributed by atoms with Crippen molar-refractivity contribution in [2.75, 3.05) is 13.2 Å². The fraction of sp³-hybridized carbons (Fsp3) is 0.909. The maximum atomic E-state index is 11.5. The van der Waals surface area contributed by atoms with Crippen LogP contribution in [0.5, 0.6) is 0 Å². The lowest BCUT2D eigenvalue weighted by Gasteiger charge is -2.20. The number of rotatable bonds is 9. The minimum Gasteiger partial charge on any atom is -0.481 e. The molecule has 3 unspecified atom stereocenters. The molecule has 0 saturated heterocycles. The van der Waals surface area contributed by atoms with Crippen LogP contribution in [0.15, 0.2) is 0 Å². The van der Waals surface area contributed by atoms with Crippen molar-refractivity contribution in [3.63, 3.8) is 0 Å². The van der Waals surface area contributed by atoms with E-state index in [1.165, 1.54) is 6.92 Å². The molecule has 0 heterocycles. The van der Waals surface area contributed by atoms with Crippen molar-refractivity contribution < 1.29 is 28.4 Å². The summed E-state index contributed by atoms with van der Waals surface area (Å²) >= 11 is 0. The third-order valence-electron chi connectivity index (χ3n) is 2.83. The number of carboxylic acids is 1. The van der Waals surface area contributed by atoms with Crippen LogP contribution in [0.2, 0.25) is 0 Å². The van der Waals surface area contributed by atoms with Gasteiger partial charge in [-0.3, -0.25) is 13.8 Å². The Morgan fingerprint density at radius 2 is 1.72 bits per heavy atom. The number of phosphoric ester groups is 1. The standard InChI is InChI=1S/C11H23O6P/c1-5-10(8(2)3)7-17-18(14,15)16-6-9(4)11(12)13/h8-10H,5-7H2,1-4H3,(H,12,13)(H,14,15). The molecule has 6 nitrogen and oxygen atoms in total. The summed E-state index contributed by atoms with van der Waals surface area (Å²) in [6.45, 7) is 7.17. The van der Waals surface area contributed by atoms with Crippen LogP contribution in [0.3, 0.4) is 0 Å². The highest BCUT2D eigenvalue weighted by Gasteiger charge is 2.26. The third kappa shape index (κ3) is 7.11. The van der Waals surface area contributed by atoms with Gasteiger partial charge >= 0.3 is 13.8 Å². The van der Waals surface area contributed by atoms with Gasteiger partial charge in [0.15, 0.2) is 0 Å². The summed E-state index contributed by atoms with van der Waals surface area (Å²) in [5, 5.41) is 8.62. The molecule has 108 valence electrons. The summed E-state index contributed by atoms with van der Waals surface area (Å²) in [5.41, 5.74) is 0. The Hall–Kier alpha value is -0.420. The van der Waals surface area contributed by atoms with Crippen LogP contribution in [0.1, 0.15) is 34.1 Å². The van der Waals surface area contributed by atoms with E-state index in [0.717, 1.165) is 6.42 Å². The molecule has 0 aromatic heterocycles. The summed E-state index contributed by atoms with van der Waals surface area (Å²) in [7, 11) is -4.16. The average Bonchev–Trinajstić information content (AvgIpc) is 2.26. The molecule has 0 amide bonds. The number of carbonyl (C=O) groups is 1. The van der Waals surface area contributed by atoms with Crippen molar-refractivity contribution in [3.05, 3.63) is 0 Å². The molecular weight excluding hydrogens is 259 g/mol. The highest BCUT2D eigenvalue weighted by atomic mass is 31.2. The Morgan fingerprint density at radius 1 is 1.22 bits per heavy atom. The summed E-state index contributed by atoms with van der Waals surface area (Å²) in [4.78, 5) is 19.9. The van der Waals surface area contributed by atoms with Crippen LogP contribution >= 0.6 is 7.82 Å². The van der Waals surface area contributed by atoms with Gasteiger partial charge in [-0.15, -0.1) is 0 Å². The van der Waals surface area contributed by atoms with E-state index in [-0.39, 0.29) is 19.1 Å². The van der Waals surface area contributed by atoms with Crippen molar-refractivity contribution >= 4 is 13.8 Å². The highest BCUT2D eigenvalue weighted by molar-refractivity contribution is 7.47. The Balaban J connectivity index is 4.15. The monoisotopic (exact) mass is 282 g/mol. The molecule has 0 radical (unpaired) electrons. The number of hydrogen-bond donors (Lipinski definition) is 2. The largest absolute Gasteiger partial charge is 0.481 e. The molecule has 0 aromatic rings. The van der Waals surface area contributed by atoms with Crippen LogP contribution < -0.4 is 0 Å². The van der Waals surface area contributed by atoms with Crippen LogP contribution in [-0.4, -0.2) is 29.2 Å². The molecular formula is C11H23O6P. The molecule has 18 heavy (non-hydrogen) atoms. The van der Waals surface area contributed by atoms with Gasteiger partial charge in [-0.25, -0.2) is 4.57 Å². The molecule has 0 saturated carbocycles. The minimum absolute atomic E-state index is 0.128. The molecule has 2 N–H and O–H groups in total. The van der Waals surface area contributed by atoms with Gasteiger partial charge < -0.3 is 10.00 Å². The van der Waals surface area contributed by atoms with Gasteiger partial charge in [0.2, 0.25) is 0 Å². The second kappa shape index (κ2) is 7.89. The maximum Gasteiger partial charge on any atom is 0.472 e. The van der Waals surface area contributed by atoms with E-state index < -0.39 is 19.7 Å². The summed E-state index contributed by atoms with van der Waals surface area (Å²) in [5.74, 6) is -1.41. The first-order valence-corrected chi connectivity index (χ1v) is 7.53. The van der Waals surface area contributed by atoms with Crippen molar-refractivity contribution in [3.8, 4) is 0 Å². The number of hydrogen-bond acceptors (Lipinski definition) is 4. The van der Waals surface area contributed by atoms with Gasteiger partial charge in [0.25, 0.3) is 0 Å². The quantitative estimate of drug-likeness (QED) is 0.631. The Morgan fingerprint density at radius 3 is 2.11 bits per heavy atom. The van der Waals surface area contributed by atoms with Crippen molar-refractivity contribution in [2.24, 2.45) is 17.8 Å². The first-order chi connectivity index (χ1) is 8.19. The van der Waals surface area contributed by atoms with Gasteiger partial charge in [0.05, 0.1) is 19.1 Å². The molecule has 0 rings (SSSR count). The summed E-state index contributed by atoms with van der Waals surface area (Å²) < 4.78 is 21.0. The van der Waals surface area contributed by atoms with E-state index in [1.807, 2.05) is 20.8 Å². The molecule has 7 heteroatoms. The summed E-state index contributed by atoms with van der Waals surface area (Å²) in [6.07, 6.45) is 0.837. The molecule has 3 atom stereocenters. The molecule has 0 bridgehead atoms.